The number of anilines is 2. The molecule has 1 aliphatic rings. The van der Waals surface area contributed by atoms with Crippen molar-refractivity contribution in [1.82, 2.24) is 0 Å². The molecule has 20 heavy (non-hydrogen) atoms. The average molecular weight is 278 g/mol. The molecule has 0 bridgehead atoms. The lowest BCUT2D eigenvalue weighted by atomic mass is 10.1. The first kappa shape index (κ1) is 16.0. The van der Waals surface area contributed by atoms with E-state index in [0.717, 1.165) is 6.42 Å². The van der Waals surface area contributed by atoms with Crippen molar-refractivity contribution in [3.63, 3.8) is 0 Å². The van der Waals surface area contributed by atoms with E-state index in [2.05, 4.69) is 0 Å². The highest BCUT2D eigenvalue weighted by molar-refractivity contribution is 6.02. The molecule has 0 aromatic heterocycles. The molecule has 0 saturated heterocycles. The third kappa shape index (κ3) is 3.73. The standard InChI is InChI=1S/C13H16N2O3.C2H6/c1-2-3-10(16)7-15-11-6-9(14)4-5-12(11)18-8-13(15)17;1-2/h4-6H,2-3,7-8,14H2,1H3;1-2H3. The van der Waals surface area contributed by atoms with E-state index in [0.29, 0.717) is 23.5 Å². The van der Waals surface area contributed by atoms with Crippen LogP contribution in [0.5, 0.6) is 5.75 Å². The minimum absolute atomic E-state index is 0.0314. The van der Waals surface area contributed by atoms with Crippen LogP contribution < -0.4 is 15.4 Å². The maximum Gasteiger partial charge on any atom is 0.265 e. The van der Waals surface area contributed by atoms with Crippen LogP contribution in [0.15, 0.2) is 18.2 Å². The highest BCUT2D eigenvalue weighted by Crippen LogP contribution is 2.33. The first-order chi connectivity index (χ1) is 9.61. The van der Waals surface area contributed by atoms with Gasteiger partial charge in [-0.15, -0.1) is 0 Å². The number of nitrogens with zero attached hydrogens (tertiary/aromatic N) is 1. The van der Waals surface area contributed by atoms with E-state index in [9.17, 15) is 9.59 Å². The van der Waals surface area contributed by atoms with Gasteiger partial charge in [-0.05, 0) is 24.6 Å². The monoisotopic (exact) mass is 278 g/mol. The fraction of sp³-hybridized carbons (Fsp3) is 0.467. The van der Waals surface area contributed by atoms with Crippen molar-refractivity contribution in [1.29, 1.82) is 0 Å². The van der Waals surface area contributed by atoms with E-state index in [1.165, 1.54) is 4.90 Å². The SMILES string of the molecule is CC.CCCC(=O)CN1C(=O)COc2ccc(N)cc21. The molecule has 0 saturated carbocycles. The molecule has 0 spiro atoms. The van der Waals surface area contributed by atoms with Crippen LogP contribution in [-0.2, 0) is 9.59 Å². The number of ketones is 1. The van der Waals surface area contributed by atoms with E-state index >= 15 is 0 Å². The Morgan fingerprint density at radius 1 is 1.40 bits per heavy atom. The Bertz CT molecular complexity index is 486. The lowest BCUT2D eigenvalue weighted by Gasteiger charge is -2.29. The van der Waals surface area contributed by atoms with Gasteiger partial charge in [-0.1, -0.05) is 20.8 Å². The molecule has 1 heterocycles. The normalized spacial score (nSPS) is 12.9. The summed E-state index contributed by atoms with van der Waals surface area (Å²) in [5, 5.41) is 0. The molecule has 1 aliphatic heterocycles. The number of ether oxygens (including phenoxy) is 1. The van der Waals surface area contributed by atoms with Gasteiger partial charge in [-0.2, -0.15) is 0 Å². The maximum absolute atomic E-state index is 11.8. The number of nitrogens with two attached hydrogens (primary N) is 1. The molecule has 5 heteroatoms. The topological polar surface area (TPSA) is 72.6 Å². The van der Waals surface area contributed by atoms with Crippen LogP contribution in [0.3, 0.4) is 0 Å². The third-order valence-electron chi connectivity index (χ3n) is 2.79. The summed E-state index contributed by atoms with van der Waals surface area (Å²) in [6.07, 6.45) is 1.25. The zero-order valence-electron chi connectivity index (χ0n) is 12.3. The second-order valence-electron chi connectivity index (χ2n) is 4.28. The van der Waals surface area contributed by atoms with E-state index in [4.69, 9.17) is 10.5 Å². The van der Waals surface area contributed by atoms with Gasteiger partial charge in [0.2, 0.25) is 0 Å². The molecule has 1 aromatic carbocycles. The molecule has 2 N–H and O–H groups in total. The number of carbonyl (C=O) groups excluding carboxylic acids is 2. The first-order valence-electron chi connectivity index (χ1n) is 6.96. The Hall–Kier alpha value is -2.04. The molecule has 1 amide bonds. The Morgan fingerprint density at radius 3 is 2.75 bits per heavy atom. The van der Waals surface area contributed by atoms with E-state index in [1.807, 2.05) is 20.8 Å². The molecule has 0 aliphatic carbocycles. The molecule has 1 aromatic rings. The van der Waals surface area contributed by atoms with Gasteiger partial charge in [-0.3, -0.25) is 14.5 Å². The molecular formula is C15H22N2O3. The Morgan fingerprint density at radius 2 is 2.10 bits per heavy atom. The van der Waals surface area contributed by atoms with Crippen LogP contribution in [0.4, 0.5) is 11.4 Å². The summed E-state index contributed by atoms with van der Waals surface area (Å²) in [4.78, 5) is 25.0. The van der Waals surface area contributed by atoms with Gasteiger partial charge >= 0.3 is 0 Å². The van der Waals surface area contributed by atoms with E-state index in [-0.39, 0.29) is 24.8 Å². The first-order valence-corrected chi connectivity index (χ1v) is 6.96. The van der Waals surface area contributed by atoms with Crippen molar-refractivity contribution < 1.29 is 14.3 Å². The Balaban J connectivity index is 0.000000956. The summed E-state index contributed by atoms with van der Waals surface area (Å²) in [5.74, 6) is 0.423. The number of carbonyl (C=O) groups is 2. The molecule has 5 nitrogen and oxygen atoms in total. The van der Waals surface area contributed by atoms with Gasteiger partial charge in [0.1, 0.15) is 5.75 Å². The number of Topliss-reactive ketones (excluding diaryl/α,β-unsaturated/α-hetero) is 1. The highest BCUT2D eigenvalue weighted by Gasteiger charge is 2.27. The van der Waals surface area contributed by atoms with Crippen LogP contribution in [0.1, 0.15) is 33.6 Å². The Kier molecular flexibility index (Phi) is 6.03. The Labute approximate surface area is 119 Å². The molecule has 0 fully saturated rings. The molecule has 2 rings (SSSR count). The largest absolute Gasteiger partial charge is 0.482 e. The highest BCUT2D eigenvalue weighted by atomic mass is 16.5. The van der Waals surface area contributed by atoms with Gasteiger partial charge in [0.05, 0.1) is 12.2 Å². The molecule has 0 atom stereocenters. The van der Waals surface area contributed by atoms with Crippen molar-refractivity contribution in [2.45, 2.75) is 33.6 Å². The molecule has 0 unspecified atom stereocenters. The summed E-state index contributed by atoms with van der Waals surface area (Å²) in [6.45, 7) is 5.99. The number of amides is 1. The second kappa shape index (κ2) is 7.53. The van der Waals surface area contributed by atoms with Crippen molar-refractivity contribution in [2.24, 2.45) is 0 Å². The number of fused-ring (bicyclic) bond motifs is 1. The van der Waals surface area contributed by atoms with Crippen LogP contribution in [0.2, 0.25) is 0 Å². The number of rotatable bonds is 4. The minimum Gasteiger partial charge on any atom is -0.482 e. The summed E-state index contributed by atoms with van der Waals surface area (Å²) in [5.41, 5.74) is 6.82. The zero-order valence-corrected chi connectivity index (χ0v) is 12.3. The number of hydrogen-bond donors (Lipinski definition) is 1. The van der Waals surface area contributed by atoms with Crippen LogP contribution >= 0.6 is 0 Å². The second-order valence-corrected chi connectivity index (χ2v) is 4.28. The van der Waals surface area contributed by atoms with Crippen LogP contribution in [0.25, 0.3) is 0 Å². The van der Waals surface area contributed by atoms with Gasteiger partial charge in [0, 0.05) is 12.1 Å². The minimum atomic E-state index is -0.211. The van der Waals surface area contributed by atoms with Gasteiger partial charge in [0.15, 0.2) is 12.4 Å². The summed E-state index contributed by atoms with van der Waals surface area (Å²) in [7, 11) is 0. The molecular weight excluding hydrogens is 256 g/mol. The smallest absolute Gasteiger partial charge is 0.265 e. The van der Waals surface area contributed by atoms with Crippen molar-refractivity contribution in [3.05, 3.63) is 18.2 Å². The van der Waals surface area contributed by atoms with Gasteiger partial charge in [-0.25, -0.2) is 0 Å². The van der Waals surface area contributed by atoms with Crippen LogP contribution in [-0.4, -0.2) is 24.8 Å². The van der Waals surface area contributed by atoms with Crippen molar-refractivity contribution in [2.75, 3.05) is 23.8 Å². The van der Waals surface area contributed by atoms with Gasteiger partial charge < -0.3 is 10.5 Å². The lowest BCUT2D eigenvalue weighted by Crippen LogP contribution is -2.42. The van der Waals surface area contributed by atoms with Gasteiger partial charge in [0.25, 0.3) is 5.91 Å². The molecule has 110 valence electrons. The quantitative estimate of drug-likeness (QED) is 0.858. The fourth-order valence-electron chi connectivity index (χ4n) is 1.93. The number of benzene rings is 1. The molecule has 0 radical (unpaired) electrons. The lowest BCUT2D eigenvalue weighted by molar-refractivity contribution is -0.124. The predicted molar refractivity (Wildman–Crippen MR) is 80.0 cm³/mol. The summed E-state index contributed by atoms with van der Waals surface area (Å²) in [6, 6.07) is 5.08. The third-order valence-corrected chi connectivity index (χ3v) is 2.79. The average Bonchev–Trinajstić information content (AvgIpc) is 2.45. The summed E-state index contributed by atoms with van der Waals surface area (Å²) >= 11 is 0. The van der Waals surface area contributed by atoms with Crippen molar-refractivity contribution in [3.8, 4) is 5.75 Å². The van der Waals surface area contributed by atoms with E-state index < -0.39 is 0 Å². The van der Waals surface area contributed by atoms with Crippen molar-refractivity contribution >= 4 is 23.1 Å². The predicted octanol–water partition coefficient (Wildman–Crippen LogP) is 2.39. The van der Waals surface area contributed by atoms with E-state index in [1.54, 1.807) is 18.2 Å². The summed E-state index contributed by atoms with van der Waals surface area (Å²) < 4.78 is 5.30. The van der Waals surface area contributed by atoms with Crippen LogP contribution in [0, 0.1) is 0 Å². The maximum atomic E-state index is 11.8. The number of nitrogen functional groups attached to an aromatic ring is 1. The zero-order chi connectivity index (χ0) is 15.1. The fourth-order valence-corrected chi connectivity index (χ4v) is 1.93. The number of hydrogen-bond acceptors (Lipinski definition) is 4.